The fourth-order valence-corrected chi connectivity index (χ4v) is 2.92. The fourth-order valence-electron chi connectivity index (χ4n) is 2.92. The van der Waals surface area contributed by atoms with Crippen LogP contribution in [-0.2, 0) is 6.54 Å². The molecule has 0 fully saturated rings. The standard InChI is InChI=1S/C23H25N3O3/c1-15-5-6-16(2)19(11-15)26-23(27)18-9-10-24-22(13-18)25-14-17-7-8-20(28-3)21(12-17)29-4/h5-13H,14H2,1-4H3,(H,24,25)(H,26,27). The van der Waals surface area contributed by atoms with Crippen LogP contribution >= 0.6 is 0 Å². The van der Waals surface area contributed by atoms with E-state index in [1.54, 1.807) is 32.5 Å². The highest BCUT2D eigenvalue weighted by atomic mass is 16.5. The Labute approximate surface area is 170 Å². The number of carbonyl (C=O) groups excluding carboxylic acids is 1. The van der Waals surface area contributed by atoms with Crippen LogP contribution in [-0.4, -0.2) is 25.1 Å². The number of ether oxygens (including phenoxy) is 2. The van der Waals surface area contributed by atoms with Gasteiger partial charge >= 0.3 is 0 Å². The number of pyridine rings is 1. The van der Waals surface area contributed by atoms with Crippen molar-refractivity contribution in [2.24, 2.45) is 0 Å². The molecular weight excluding hydrogens is 366 g/mol. The zero-order valence-corrected chi connectivity index (χ0v) is 17.1. The first-order chi connectivity index (χ1) is 14.0. The van der Waals surface area contributed by atoms with Gasteiger partial charge in [0.1, 0.15) is 5.82 Å². The van der Waals surface area contributed by atoms with Gasteiger partial charge in [0.05, 0.1) is 14.2 Å². The molecule has 29 heavy (non-hydrogen) atoms. The molecule has 3 aromatic rings. The van der Waals surface area contributed by atoms with Crippen molar-refractivity contribution in [3.8, 4) is 11.5 Å². The SMILES string of the molecule is COc1ccc(CNc2cc(C(=O)Nc3cc(C)ccc3C)ccn2)cc1OC. The first kappa shape index (κ1) is 20.2. The van der Waals surface area contributed by atoms with Crippen molar-refractivity contribution in [2.75, 3.05) is 24.9 Å². The Morgan fingerprint density at radius 1 is 0.966 bits per heavy atom. The number of nitrogens with zero attached hydrogens (tertiary/aromatic N) is 1. The zero-order valence-electron chi connectivity index (χ0n) is 17.1. The summed E-state index contributed by atoms with van der Waals surface area (Å²) in [6, 6.07) is 15.1. The second-order valence-corrected chi connectivity index (χ2v) is 6.75. The summed E-state index contributed by atoms with van der Waals surface area (Å²) in [5, 5.41) is 6.21. The van der Waals surface area contributed by atoms with Gasteiger partial charge < -0.3 is 20.1 Å². The van der Waals surface area contributed by atoms with Gasteiger partial charge in [-0.05, 0) is 60.9 Å². The lowest BCUT2D eigenvalue weighted by atomic mass is 10.1. The van der Waals surface area contributed by atoms with Crippen LogP contribution in [0.3, 0.4) is 0 Å². The van der Waals surface area contributed by atoms with Crippen LogP contribution in [0.1, 0.15) is 27.0 Å². The smallest absolute Gasteiger partial charge is 0.255 e. The number of aryl methyl sites for hydroxylation is 2. The van der Waals surface area contributed by atoms with Crippen molar-refractivity contribution in [3.05, 3.63) is 77.0 Å². The van der Waals surface area contributed by atoms with E-state index in [1.165, 1.54) is 0 Å². The summed E-state index contributed by atoms with van der Waals surface area (Å²) in [7, 11) is 3.21. The molecule has 1 aromatic heterocycles. The van der Waals surface area contributed by atoms with E-state index in [0.717, 1.165) is 22.4 Å². The van der Waals surface area contributed by atoms with Gasteiger partial charge in [0, 0.05) is 24.0 Å². The van der Waals surface area contributed by atoms with Crippen LogP contribution in [0.4, 0.5) is 11.5 Å². The molecule has 2 aromatic carbocycles. The predicted octanol–water partition coefficient (Wildman–Crippen LogP) is 4.58. The minimum absolute atomic E-state index is 0.171. The number of aromatic nitrogens is 1. The van der Waals surface area contributed by atoms with Gasteiger partial charge in [-0.1, -0.05) is 18.2 Å². The van der Waals surface area contributed by atoms with E-state index >= 15 is 0 Å². The molecule has 6 heteroatoms. The summed E-state index contributed by atoms with van der Waals surface area (Å²) in [6.45, 7) is 4.50. The Kier molecular flexibility index (Phi) is 6.34. The minimum Gasteiger partial charge on any atom is -0.493 e. The topological polar surface area (TPSA) is 72.5 Å². The number of hydrogen-bond donors (Lipinski definition) is 2. The van der Waals surface area contributed by atoms with Gasteiger partial charge in [0.25, 0.3) is 5.91 Å². The average Bonchev–Trinajstić information content (AvgIpc) is 2.74. The normalized spacial score (nSPS) is 10.3. The number of benzene rings is 2. The van der Waals surface area contributed by atoms with Crippen molar-refractivity contribution in [2.45, 2.75) is 20.4 Å². The van der Waals surface area contributed by atoms with E-state index in [0.29, 0.717) is 29.4 Å². The number of anilines is 2. The molecule has 0 aliphatic rings. The summed E-state index contributed by atoms with van der Waals surface area (Å²) in [5.74, 6) is 1.80. The van der Waals surface area contributed by atoms with Crippen LogP contribution in [0.2, 0.25) is 0 Å². The number of nitrogens with one attached hydrogen (secondary N) is 2. The summed E-state index contributed by atoms with van der Waals surface area (Å²) < 4.78 is 10.6. The molecule has 0 aliphatic carbocycles. The van der Waals surface area contributed by atoms with Crippen LogP contribution in [0, 0.1) is 13.8 Å². The largest absolute Gasteiger partial charge is 0.493 e. The van der Waals surface area contributed by atoms with Crippen molar-refractivity contribution in [3.63, 3.8) is 0 Å². The molecule has 6 nitrogen and oxygen atoms in total. The third kappa shape index (κ3) is 5.04. The minimum atomic E-state index is -0.171. The molecule has 3 rings (SSSR count). The Hall–Kier alpha value is -3.54. The molecule has 1 amide bonds. The Morgan fingerprint density at radius 3 is 2.52 bits per heavy atom. The van der Waals surface area contributed by atoms with Crippen molar-refractivity contribution >= 4 is 17.4 Å². The molecule has 0 bridgehead atoms. The van der Waals surface area contributed by atoms with Crippen molar-refractivity contribution < 1.29 is 14.3 Å². The fraction of sp³-hybridized carbons (Fsp3) is 0.217. The van der Waals surface area contributed by atoms with E-state index in [-0.39, 0.29) is 5.91 Å². The zero-order chi connectivity index (χ0) is 20.8. The Balaban J connectivity index is 1.69. The monoisotopic (exact) mass is 391 g/mol. The van der Waals surface area contributed by atoms with E-state index in [2.05, 4.69) is 15.6 Å². The van der Waals surface area contributed by atoms with Crippen LogP contribution in [0.15, 0.2) is 54.7 Å². The van der Waals surface area contributed by atoms with Gasteiger partial charge in [-0.2, -0.15) is 0 Å². The summed E-state index contributed by atoms with van der Waals surface area (Å²) in [5.41, 5.74) is 4.47. The lowest BCUT2D eigenvalue weighted by Crippen LogP contribution is -2.13. The molecule has 0 aliphatic heterocycles. The quantitative estimate of drug-likeness (QED) is 0.617. The lowest BCUT2D eigenvalue weighted by molar-refractivity contribution is 0.102. The van der Waals surface area contributed by atoms with Crippen LogP contribution in [0.5, 0.6) is 11.5 Å². The average molecular weight is 391 g/mol. The number of rotatable bonds is 7. The molecule has 1 heterocycles. The van der Waals surface area contributed by atoms with Gasteiger partial charge in [-0.25, -0.2) is 4.98 Å². The summed E-state index contributed by atoms with van der Waals surface area (Å²) in [6.07, 6.45) is 1.62. The van der Waals surface area contributed by atoms with E-state index in [4.69, 9.17) is 9.47 Å². The van der Waals surface area contributed by atoms with Gasteiger partial charge in [-0.3, -0.25) is 4.79 Å². The maximum absolute atomic E-state index is 12.7. The maximum atomic E-state index is 12.7. The number of carbonyl (C=O) groups is 1. The molecule has 2 N–H and O–H groups in total. The van der Waals surface area contributed by atoms with Crippen LogP contribution < -0.4 is 20.1 Å². The second kappa shape index (κ2) is 9.10. The number of hydrogen-bond acceptors (Lipinski definition) is 5. The third-order valence-electron chi connectivity index (χ3n) is 4.58. The molecule has 0 saturated carbocycles. The van der Waals surface area contributed by atoms with Gasteiger partial charge in [0.2, 0.25) is 0 Å². The molecule has 0 atom stereocenters. The third-order valence-corrected chi connectivity index (χ3v) is 4.58. The highest BCUT2D eigenvalue weighted by Crippen LogP contribution is 2.27. The summed E-state index contributed by atoms with van der Waals surface area (Å²) in [4.78, 5) is 17.0. The lowest BCUT2D eigenvalue weighted by Gasteiger charge is -2.12. The van der Waals surface area contributed by atoms with Gasteiger partial charge in [-0.15, -0.1) is 0 Å². The first-order valence-electron chi connectivity index (χ1n) is 9.29. The molecule has 0 unspecified atom stereocenters. The first-order valence-corrected chi connectivity index (χ1v) is 9.29. The van der Waals surface area contributed by atoms with E-state index in [9.17, 15) is 4.79 Å². The van der Waals surface area contributed by atoms with E-state index in [1.807, 2.05) is 50.2 Å². The van der Waals surface area contributed by atoms with E-state index < -0.39 is 0 Å². The Morgan fingerprint density at radius 2 is 1.76 bits per heavy atom. The molecule has 150 valence electrons. The predicted molar refractivity (Wildman–Crippen MR) is 115 cm³/mol. The highest BCUT2D eigenvalue weighted by Gasteiger charge is 2.10. The second-order valence-electron chi connectivity index (χ2n) is 6.75. The number of methoxy groups -OCH3 is 2. The molecular formula is C23H25N3O3. The maximum Gasteiger partial charge on any atom is 0.255 e. The molecule has 0 radical (unpaired) electrons. The van der Waals surface area contributed by atoms with Crippen molar-refractivity contribution in [1.29, 1.82) is 0 Å². The number of amides is 1. The van der Waals surface area contributed by atoms with Crippen LogP contribution in [0.25, 0.3) is 0 Å². The Bertz CT molecular complexity index is 1020. The van der Waals surface area contributed by atoms with Gasteiger partial charge in [0.15, 0.2) is 11.5 Å². The molecule has 0 spiro atoms. The van der Waals surface area contributed by atoms with Crippen molar-refractivity contribution in [1.82, 2.24) is 4.98 Å². The summed E-state index contributed by atoms with van der Waals surface area (Å²) >= 11 is 0. The molecule has 0 saturated heterocycles. The highest BCUT2D eigenvalue weighted by molar-refractivity contribution is 6.05.